The highest BCUT2D eigenvalue weighted by Gasteiger charge is 2.23. The number of aliphatic carboxylic acids is 1. The van der Waals surface area contributed by atoms with Crippen molar-refractivity contribution in [3.63, 3.8) is 0 Å². The van der Waals surface area contributed by atoms with Crippen molar-refractivity contribution >= 4 is 39.1 Å². The van der Waals surface area contributed by atoms with E-state index >= 15 is 0 Å². The topological polar surface area (TPSA) is 72.2 Å². The summed E-state index contributed by atoms with van der Waals surface area (Å²) in [6, 6.07) is 7.21. The third-order valence-corrected chi connectivity index (χ3v) is 6.14. The van der Waals surface area contributed by atoms with Gasteiger partial charge < -0.3 is 5.11 Å². The molecule has 1 aliphatic carbocycles. The average Bonchev–Trinajstić information content (AvgIpc) is 3.17. The van der Waals surface area contributed by atoms with Crippen molar-refractivity contribution in [3.05, 3.63) is 50.1 Å². The number of hydrogen-bond acceptors (Lipinski definition) is 4. The Labute approximate surface area is 158 Å². The summed E-state index contributed by atoms with van der Waals surface area (Å²) in [6.07, 6.45) is 3.41. The maximum Gasteiger partial charge on any atom is 0.303 e. The number of nitrogens with zero attached hydrogens (tertiary/aromatic N) is 2. The van der Waals surface area contributed by atoms with E-state index in [1.165, 1.54) is 4.88 Å². The second-order valence-electron chi connectivity index (χ2n) is 6.43. The number of aryl methyl sites for hydroxylation is 2. The molecular formula is C19H17ClN2O3S. The number of hydrogen-bond donors (Lipinski definition) is 1. The Morgan fingerprint density at radius 1 is 1.27 bits per heavy atom. The molecule has 1 N–H and O–H groups in total. The summed E-state index contributed by atoms with van der Waals surface area (Å²) in [6.45, 7) is 0.330. The molecule has 134 valence electrons. The SMILES string of the molecule is O=C(O)CCCn1c(-c2ccc(Cl)cc2)nc2sc3c(c2c1=O)CCC3. The van der Waals surface area contributed by atoms with Crippen molar-refractivity contribution in [1.82, 2.24) is 9.55 Å². The first-order chi connectivity index (χ1) is 12.5. The maximum absolute atomic E-state index is 13.2. The van der Waals surface area contributed by atoms with E-state index in [1.807, 2.05) is 12.1 Å². The Hall–Kier alpha value is -2.18. The second kappa shape index (κ2) is 6.85. The van der Waals surface area contributed by atoms with Gasteiger partial charge in [0.15, 0.2) is 0 Å². The Balaban J connectivity index is 1.89. The van der Waals surface area contributed by atoms with E-state index in [9.17, 15) is 9.59 Å². The van der Waals surface area contributed by atoms with Gasteiger partial charge in [0.2, 0.25) is 0 Å². The van der Waals surface area contributed by atoms with Crippen LogP contribution in [0.5, 0.6) is 0 Å². The van der Waals surface area contributed by atoms with E-state index in [0.717, 1.165) is 40.6 Å². The van der Waals surface area contributed by atoms with Gasteiger partial charge in [0.1, 0.15) is 10.7 Å². The van der Waals surface area contributed by atoms with Gasteiger partial charge in [-0.2, -0.15) is 0 Å². The van der Waals surface area contributed by atoms with Gasteiger partial charge in [0.25, 0.3) is 5.56 Å². The first kappa shape index (κ1) is 17.2. The molecule has 1 aromatic carbocycles. The van der Waals surface area contributed by atoms with E-state index in [0.29, 0.717) is 23.8 Å². The lowest BCUT2D eigenvalue weighted by molar-refractivity contribution is -0.137. The predicted octanol–water partition coefficient (Wildman–Crippen LogP) is 4.13. The van der Waals surface area contributed by atoms with Crippen LogP contribution in [0.4, 0.5) is 0 Å². The van der Waals surface area contributed by atoms with E-state index in [4.69, 9.17) is 21.7 Å². The highest BCUT2D eigenvalue weighted by molar-refractivity contribution is 7.18. The molecule has 0 bridgehead atoms. The molecule has 0 aliphatic heterocycles. The fourth-order valence-electron chi connectivity index (χ4n) is 3.49. The molecule has 4 rings (SSSR count). The van der Waals surface area contributed by atoms with Crippen molar-refractivity contribution < 1.29 is 9.90 Å². The van der Waals surface area contributed by atoms with Crippen molar-refractivity contribution in [3.8, 4) is 11.4 Å². The normalized spacial score (nSPS) is 13.3. The standard InChI is InChI=1S/C19H17ClN2O3S/c20-12-8-6-11(7-9-12)17-21-18-16(13-3-1-4-14(13)26-18)19(25)22(17)10-2-5-15(23)24/h6-9H,1-5,10H2,(H,23,24). The van der Waals surface area contributed by atoms with Crippen LogP contribution in [0.15, 0.2) is 29.1 Å². The monoisotopic (exact) mass is 388 g/mol. The quantitative estimate of drug-likeness (QED) is 0.713. The molecule has 0 unspecified atom stereocenters. The zero-order valence-electron chi connectivity index (χ0n) is 14.0. The lowest BCUT2D eigenvalue weighted by Crippen LogP contribution is -2.24. The van der Waals surface area contributed by atoms with Crippen LogP contribution >= 0.6 is 22.9 Å². The second-order valence-corrected chi connectivity index (χ2v) is 7.95. The molecule has 7 heteroatoms. The number of carboxylic acid groups (broad SMARTS) is 1. The van der Waals surface area contributed by atoms with Crippen LogP contribution in [0.25, 0.3) is 21.6 Å². The Bertz CT molecular complexity index is 1050. The number of aromatic nitrogens is 2. The zero-order valence-corrected chi connectivity index (χ0v) is 15.6. The summed E-state index contributed by atoms with van der Waals surface area (Å²) in [5.74, 6) is -0.291. The van der Waals surface area contributed by atoms with Crippen LogP contribution in [0.1, 0.15) is 29.7 Å². The number of carbonyl (C=O) groups is 1. The minimum absolute atomic E-state index is 0.0201. The molecule has 26 heavy (non-hydrogen) atoms. The van der Waals surface area contributed by atoms with Crippen LogP contribution in [-0.4, -0.2) is 20.6 Å². The van der Waals surface area contributed by atoms with Gasteiger partial charge in [-0.25, -0.2) is 4.98 Å². The smallest absolute Gasteiger partial charge is 0.303 e. The van der Waals surface area contributed by atoms with Crippen molar-refractivity contribution in [2.45, 2.75) is 38.6 Å². The third kappa shape index (κ3) is 3.04. The molecule has 0 saturated carbocycles. The summed E-state index contributed by atoms with van der Waals surface area (Å²) in [5, 5.41) is 10.3. The molecule has 0 amide bonds. The molecule has 1 aliphatic rings. The highest BCUT2D eigenvalue weighted by atomic mass is 35.5. The molecule has 0 fully saturated rings. The van der Waals surface area contributed by atoms with Gasteiger partial charge in [0, 0.05) is 28.4 Å². The lowest BCUT2D eigenvalue weighted by atomic mass is 10.1. The molecule has 0 spiro atoms. The minimum Gasteiger partial charge on any atom is -0.481 e. The number of benzene rings is 1. The molecule has 0 radical (unpaired) electrons. The number of thiophene rings is 1. The summed E-state index contributed by atoms with van der Waals surface area (Å²) in [7, 11) is 0. The van der Waals surface area contributed by atoms with Gasteiger partial charge in [-0.1, -0.05) is 11.6 Å². The average molecular weight is 389 g/mol. The van der Waals surface area contributed by atoms with Crippen LogP contribution in [0, 0.1) is 0 Å². The van der Waals surface area contributed by atoms with E-state index < -0.39 is 5.97 Å². The minimum atomic E-state index is -0.864. The van der Waals surface area contributed by atoms with Crippen LogP contribution < -0.4 is 5.56 Å². The van der Waals surface area contributed by atoms with Crippen LogP contribution in [-0.2, 0) is 24.2 Å². The molecule has 2 aromatic heterocycles. The van der Waals surface area contributed by atoms with Crippen LogP contribution in [0.3, 0.4) is 0 Å². The van der Waals surface area contributed by atoms with Crippen molar-refractivity contribution in [2.75, 3.05) is 0 Å². The molecule has 0 saturated heterocycles. The zero-order chi connectivity index (χ0) is 18.3. The first-order valence-electron chi connectivity index (χ1n) is 8.57. The van der Waals surface area contributed by atoms with Gasteiger partial charge in [-0.05, 0) is 55.5 Å². The van der Waals surface area contributed by atoms with E-state index in [-0.39, 0.29) is 12.0 Å². The highest BCUT2D eigenvalue weighted by Crippen LogP contribution is 2.35. The molecule has 2 heterocycles. The Morgan fingerprint density at radius 2 is 2.04 bits per heavy atom. The van der Waals surface area contributed by atoms with Crippen molar-refractivity contribution in [1.29, 1.82) is 0 Å². The van der Waals surface area contributed by atoms with Gasteiger partial charge in [-0.3, -0.25) is 14.2 Å². The van der Waals surface area contributed by atoms with E-state index in [1.54, 1.807) is 28.0 Å². The molecular weight excluding hydrogens is 372 g/mol. The first-order valence-corrected chi connectivity index (χ1v) is 9.77. The largest absolute Gasteiger partial charge is 0.481 e. The fourth-order valence-corrected chi connectivity index (χ4v) is 4.87. The Morgan fingerprint density at radius 3 is 2.77 bits per heavy atom. The number of rotatable bonds is 5. The Kier molecular flexibility index (Phi) is 4.54. The van der Waals surface area contributed by atoms with Crippen molar-refractivity contribution in [2.24, 2.45) is 0 Å². The number of carboxylic acids is 1. The van der Waals surface area contributed by atoms with Crippen LogP contribution in [0.2, 0.25) is 5.02 Å². The summed E-state index contributed by atoms with van der Waals surface area (Å²) in [4.78, 5) is 30.9. The van der Waals surface area contributed by atoms with E-state index in [2.05, 4.69) is 0 Å². The maximum atomic E-state index is 13.2. The molecule has 0 atom stereocenters. The number of halogens is 1. The summed E-state index contributed by atoms with van der Waals surface area (Å²) >= 11 is 7.59. The fraction of sp³-hybridized carbons (Fsp3) is 0.316. The third-order valence-electron chi connectivity index (χ3n) is 4.70. The van der Waals surface area contributed by atoms with Gasteiger partial charge >= 0.3 is 5.97 Å². The summed E-state index contributed by atoms with van der Waals surface area (Å²) in [5.41, 5.74) is 1.87. The molecule has 3 aromatic rings. The van der Waals surface area contributed by atoms with Gasteiger partial charge in [0.05, 0.1) is 5.39 Å². The molecule has 5 nitrogen and oxygen atoms in total. The lowest BCUT2D eigenvalue weighted by Gasteiger charge is -2.12. The van der Waals surface area contributed by atoms with Gasteiger partial charge in [-0.15, -0.1) is 11.3 Å². The summed E-state index contributed by atoms with van der Waals surface area (Å²) < 4.78 is 1.62. The predicted molar refractivity (Wildman–Crippen MR) is 103 cm³/mol. The number of fused-ring (bicyclic) bond motifs is 3.